The van der Waals surface area contributed by atoms with Crippen molar-refractivity contribution in [3.8, 4) is 0 Å². The van der Waals surface area contributed by atoms with E-state index in [9.17, 15) is 0 Å². The van der Waals surface area contributed by atoms with Crippen molar-refractivity contribution in [2.24, 2.45) is 0 Å². The third-order valence-electron chi connectivity index (χ3n) is 3.25. The molecule has 1 aromatic rings. The topological polar surface area (TPSA) is 51.5 Å². The predicted octanol–water partition coefficient (Wildman–Crippen LogP) is 0.661. The SMILES string of the molecule is COCC(C)Nc1nccn1CC1CN(C)CCO1. The Morgan fingerprint density at radius 3 is 3.21 bits per heavy atom. The van der Waals surface area contributed by atoms with Gasteiger partial charge >= 0.3 is 0 Å². The van der Waals surface area contributed by atoms with Crippen LogP contribution in [0.15, 0.2) is 12.4 Å². The highest BCUT2D eigenvalue weighted by molar-refractivity contribution is 5.27. The number of nitrogens with zero attached hydrogens (tertiary/aromatic N) is 3. The Morgan fingerprint density at radius 1 is 1.63 bits per heavy atom. The monoisotopic (exact) mass is 268 g/mol. The summed E-state index contributed by atoms with van der Waals surface area (Å²) in [7, 11) is 3.83. The maximum absolute atomic E-state index is 5.79. The molecule has 2 atom stereocenters. The van der Waals surface area contributed by atoms with Crippen LogP contribution in [-0.4, -0.2) is 67.1 Å². The summed E-state index contributed by atoms with van der Waals surface area (Å²) < 4.78 is 13.0. The second kappa shape index (κ2) is 6.88. The number of morpholine rings is 1. The van der Waals surface area contributed by atoms with Crippen LogP contribution in [0.5, 0.6) is 0 Å². The zero-order valence-electron chi connectivity index (χ0n) is 12.0. The minimum absolute atomic E-state index is 0.228. The van der Waals surface area contributed by atoms with Gasteiger partial charge in [-0.25, -0.2) is 4.98 Å². The molecule has 1 aliphatic heterocycles. The molecule has 6 nitrogen and oxygen atoms in total. The van der Waals surface area contributed by atoms with Gasteiger partial charge in [-0.2, -0.15) is 0 Å². The fourth-order valence-corrected chi connectivity index (χ4v) is 2.31. The molecule has 0 spiro atoms. The number of anilines is 1. The van der Waals surface area contributed by atoms with Crippen LogP contribution in [0.3, 0.4) is 0 Å². The van der Waals surface area contributed by atoms with Crippen molar-refractivity contribution < 1.29 is 9.47 Å². The first-order valence-electron chi connectivity index (χ1n) is 6.75. The maximum atomic E-state index is 5.79. The number of aromatic nitrogens is 2. The molecular weight excluding hydrogens is 244 g/mol. The summed E-state index contributed by atoms with van der Waals surface area (Å²) in [6.45, 7) is 6.34. The van der Waals surface area contributed by atoms with Gasteiger partial charge in [0.2, 0.25) is 5.95 Å². The van der Waals surface area contributed by atoms with Crippen LogP contribution >= 0.6 is 0 Å². The molecule has 0 radical (unpaired) electrons. The Hall–Kier alpha value is -1.11. The van der Waals surface area contributed by atoms with Crippen molar-refractivity contribution in [2.45, 2.75) is 25.6 Å². The minimum Gasteiger partial charge on any atom is -0.383 e. The van der Waals surface area contributed by atoms with Gasteiger partial charge in [-0.15, -0.1) is 0 Å². The Kier molecular flexibility index (Phi) is 5.18. The van der Waals surface area contributed by atoms with Crippen LogP contribution in [0, 0.1) is 0 Å². The molecule has 1 saturated heterocycles. The molecule has 1 fully saturated rings. The lowest BCUT2D eigenvalue weighted by Gasteiger charge is -2.30. The summed E-state index contributed by atoms with van der Waals surface area (Å²) in [6, 6.07) is 0.237. The molecule has 0 aromatic carbocycles. The largest absolute Gasteiger partial charge is 0.383 e. The first kappa shape index (κ1) is 14.3. The first-order chi connectivity index (χ1) is 9.19. The lowest BCUT2D eigenvalue weighted by molar-refractivity contribution is -0.0272. The van der Waals surface area contributed by atoms with Crippen molar-refractivity contribution in [3.63, 3.8) is 0 Å². The van der Waals surface area contributed by atoms with Crippen LogP contribution in [0.2, 0.25) is 0 Å². The van der Waals surface area contributed by atoms with Gasteiger partial charge in [0.25, 0.3) is 0 Å². The van der Waals surface area contributed by atoms with E-state index in [0.29, 0.717) is 6.61 Å². The molecule has 2 unspecified atom stereocenters. The minimum atomic E-state index is 0.228. The standard InChI is InChI=1S/C13H24N4O2/c1-11(10-18-3)15-13-14-4-5-17(13)9-12-8-16(2)6-7-19-12/h4-5,11-12H,6-10H2,1-3H3,(H,14,15). The zero-order chi connectivity index (χ0) is 13.7. The van der Waals surface area contributed by atoms with Crippen molar-refractivity contribution >= 4 is 5.95 Å². The first-order valence-corrected chi connectivity index (χ1v) is 6.75. The molecule has 1 aromatic heterocycles. The van der Waals surface area contributed by atoms with Crippen LogP contribution in [-0.2, 0) is 16.0 Å². The molecule has 108 valence electrons. The fraction of sp³-hybridized carbons (Fsp3) is 0.769. The zero-order valence-corrected chi connectivity index (χ0v) is 12.0. The molecule has 0 amide bonds. The van der Waals surface area contributed by atoms with E-state index in [1.54, 1.807) is 7.11 Å². The van der Waals surface area contributed by atoms with Crippen molar-refractivity contribution in [1.29, 1.82) is 0 Å². The number of nitrogens with one attached hydrogen (secondary N) is 1. The van der Waals surface area contributed by atoms with Crippen LogP contribution in [0.4, 0.5) is 5.95 Å². The predicted molar refractivity (Wildman–Crippen MR) is 74.4 cm³/mol. The molecule has 2 rings (SSSR count). The molecule has 19 heavy (non-hydrogen) atoms. The van der Waals surface area contributed by atoms with E-state index in [-0.39, 0.29) is 12.1 Å². The van der Waals surface area contributed by atoms with Gasteiger partial charge in [-0.05, 0) is 14.0 Å². The molecule has 0 bridgehead atoms. The van der Waals surface area contributed by atoms with Crippen molar-refractivity contribution in [1.82, 2.24) is 14.5 Å². The van der Waals surface area contributed by atoms with E-state index in [1.807, 2.05) is 12.4 Å². The number of ether oxygens (including phenoxy) is 2. The number of methoxy groups -OCH3 is 1. The molecule has 6 heteroatoms. The Labute approximate surface area is 114 Å². The molecule has 1 N–H and O–H groups in total. The highest BCUT2D eigenvalue weighted by Crippen LogP contribution is 2.11. The average Bonchev–Trinajstić information content (AvgIpc) is 2.77. The van der Waals surface area contributed by atoms with E-state index >= 15 is 0 Å². The lowest BCUT2D eigenvalue weighted by Crippen LogP contribution is -2.42. The van der Waals surface area contributed by atoms with E-state index in [4.69, 9.17) is 9.47 Å². The highest BCUT2D eigenvalue weighted by atomic mass is 16.5. The van der Waals surface area contributed by atoms with Crippen LogP contribution in [0.25, 0.3) is 0 Å². The third kappa shape index (κ3) is 4.19. The van der Waals surface area contributed by atoms with Crippen LogP contribution in [0.1, 0.15) is 6.92 Å². The molecular formula is C13H24N4O2. The van der Waals surface area contributed by atoms with Gasteiger partial charge in [-0.1, -0.05) is 0 Å². The average molecular weight is 268 g/mol. The van der Waals surface area contributed by atoms with E-state index in [0.717, 1.165) is 32.2 Å². The fourth-order valence-electron chi connectivity index (χ4n) is 2.31. The Balaban J connectivity index is 1.91. The number of rotatable bonds is 6. The summed E-state index contributed by atoms with van der Waals surface area (Å²) >= 11 is 0. The Bertz CT molecular complexity index is 382. The van der Waals surface area contributed by atoms with Crippen molar-refractivity contribution in [3.05, 3.63) is 12.4 Å². The maximum Gasteiger partial charge on any atom is 0.203 e. The Morgan fingerprint density at radius 2 is 2.47 bits per heavy atom. The summed E-state index contributed by atoms with van der Waals surface area (Å²) in [5.74, 6) is 0.876. The summed E-state index contributed by atoms with van der Waals surface area (Å²) in [5, 5.41) is 3.35. The van der Waals surface area contributed by atoms with Gasteiger partial charge in [0, 0.05) is 38.6 Å². The van der Waals surface area contributed by atoms with Gasteiger partial charge in [0.15, 0.2) is 0 Å². The smallest absolute Gasteiger partial charge is 0.203 e. The lowest BCUT2D eigenvalue weighted by atomic mass is 10.3. The molecule has 0 saturated carbocycles. The highest BCUT2D eigenvalue weighted by Gasteiger charge is 2.19. The number of hydrogen-bond donors (Lipinski definition) is 1. The summed E-state index contributed by atoms with van der Waals surface area (Å²) in [4.78, 5) is 6.65. The molecule has 1 aliphatic rings. The number of hydrogen-bond acceptors (Lipinski definition) is 5. The van der Waals surface area contributed by atoms with Gasteiger partial charge in [0.05, 0.1) is 25.9 Å². The molecule has 2 heterocycles. The van der Waals surface area contributed by atoms with Crippen LogP contribution < -0.4 is 5.32 Å². The van der Waals surface area contributed by atoms with E-state index < -0.39 is 0 Å². The van der Waals surface area contributed by atoms with Gasteiger partial charge in [0.1, 0.15) is 0 Å². The second-order valence-electron chi connectivity index (χ2n) is 5.16. The third-order valence-corrected chi connectivity index (χ3v) is 3.25. The molecule has 0 aliphatic carbocycles. The summed E-state index contributed by atoms with van der Waals surface area (Å²) in [5.41, 5.74) is 0. The van der Waals surface area contributed by atoms with Gasteiger partial charge in [-0.3, -0.25) is 0 Å². The quantitative estimate of drug-likeness (QED) is 0.821. The van der Waals surface area contributed by atoms with Gasteiger partial charge < -0.3 is 24.3 Å². The van der Waals surface area contributed by atoms with Crippen molar-refractivity contribution in [2.75, 3.05) is 45.8 Å². The van der Waals surface area contributed by atoms with E-state index in [1.165, 1.54) is 0 Å². The number of imidazole rings is 1. The summed E-state index contributed by atoms with van der Waals surface area (Å²) in [6.07, 6.45) is 4.03. The van der Waals surface area contributed by atoms with E-state index in [2.05, 4.69) is 33.7 Å². The second-order valence-corrected chi connectivity index (χ2v) is 5.16. The number of likely N-dealkylation sites (N-methyl/N-ethyl adjacent to an activating group) is 1. The normalized spacial score (nSPS) is 22.4.